The summed E-state index contributed by atoms with van der Waals surface area (Å²) < 4.78 is 10.5. The van der Waals surface area contributed by atoms with Gasteiger partial charge in [0.15, 0.2) is 0 Å². The van der Waals surface area contributed by atoms with Gasteiger partial charge in [-0.05, 0) is 25.5 Å². The molecule has 0 unspecified atom stereocenters. The first-order chi connectivity index (χ1) is 8.22. The van der Waals surface area contributed by atoms with Gasteiger partial charge >= 0.3 is 5.97 Å². The minimum absolute atomic E-state index is 0.122. The molecule has 0 bridgehead atoms. The van der Waals surface area contributed by atoms with Crippen molar-refractivity contribution in [3.8, 4) is 5.75 Å². The van der Waals surface area contributed by atoms with Crippen LogP contribution < -0.4 is 4.74 Å². The Morgan fingerprint density at radius 3 is 2.53 bits per heavy atom. The number of carbonyl (C=O) groups excluding carboxylic acids is 1. The molecular formula is C14H20O3. The molecule has 0 N–H and O–H groups in total. The molecule has 0 saturated heterocycles. The number of aryl methyl sites for hydroxylation is 1. The fraction of sp³-hybridized carbons (Fsp3) is 0.500. The van der Waals surface area contributed by atoms with Crippen LogP contribution in [0.15, 0.2) is 24.3 Å². The van der Waals surface area contributed by atoms with Crippen LogP contribution in [-0.4, -0.2) is 19.2 Å². The minimum atomic E-state index is -0.122. The summed E-state index contributed by atoms with van der Waals surface area (Å²) in [5.41, 5.74) is 1.21. The summed E-state index contributed by atoms with van der Waals surface area (Å²) in [6.07, 6.45) is 2.06. The van der Waals surface area contributed by atoms with Gasteiger partial charge in [0.2, 0.25) is 0 Å². The maximum Gasteiger partial charge on any atom is 0.305 e. The summed E-state index contributed by atoms with van der Waals surface area (Å²) >= 11 is 0. The SMILES string of the molecule is CCCC(=O)OCCCOc1ccc(C)cc1. The average Bonchev–Trinajstić information content (AvgIpc) is 2.31. The van der Waals surface area contributed by atoms with Crippen molar-refractivity contribution in [2.75, 3.05) is 13.2 Å². The summed E-state index contributed by atoms with van der Waals surface area (Å²) in [5.74, 6) is 0.735. The summed E-state index contributed by atoms with van der Waals surface area (Å²) in [5, 5.41) is 0. The predicted octanol–water partition coefficient (Wildman–Crippen LogP) is 3.11. The zero-order valence-corrected chi connectivity index (χ0v) is 10.6. The molecule has 0 aliphatic rings. The molecule has 0 radical (unpaired) electrons. The summed E-state index contributed by atoms with van der Waals surface area (Å²) in [7, 11) is 0. The number of hydrogen-bond acceptors (Lipinski definition) is 3. The van der Waals surface area contributed by atoms with Crippen LogP contribution in [-0.2, 0) is 9.53 Å². The molecule has 3 heteroatoms. The van der Waals surface area contributed by atoms with Gasteiger partial charge in [0, 0.05) is 12.8 Å². The van der Waals surface area contributed by atoms with Gasteiger partial charge in [0.25, 0.3) is 0 Å². The van der Waals surface area contributed by atoms with E-state index in [2.05, 4.69) is 0 Å². The molecule has 1 rings (SSSR count). The van der Waals surface area contributed by atoms with Crippen molar-refractivity contribution < 1.29 is 14.3 Å². The topological polar surface area (TPSA) is 35.5 Å². The first-order valence-electron chi connectivity index (χ1n) is 6.07. The van der Waals surface area contributed by atoms with E-state index in [1.54, 1.807) is 0 Å². The third kappa shape index (κ3) is 5.95. The molecule has 17 heavy (non-hydrogen) atoms. The molecule has 0 atom stereocenters. The first-order valence-corrected chi connectivity index (χ1v) is 6.07. The summed E-state index contributed by atoms with van der Waals surface area (Å²) in [6.45, 7) is 5.01. The fourth-order valence-corrected chi connectivity index (χ4v) is 1.35. The molecule has 0 spiro atoms. The van der Waals surface area contributed by atoms with Crippen molar-refractivity contribution in [3.05, 3.63) is 29.8 Å². The highest BCUT2D eigenvalue weighted by molar-refractivity contribution is 5.69. The number of hydrogen-bond donors (Lipinski definition) is 0. The second-order valence-electron chi connectivity index (χ2n) is 3.99. The van der Waals surface area contributed by atoms with Crippen LogP contribution in [0.3, 0.4) is 0 Å². The van der Waals surface area contributed by atoms with Crippen molar-refractivity contribution in [3.63, 3.8) is 0 Å². The first kappa shape index (κ1) is 13.6. The van der Waals surface area contributed by atoms with E-state index in [9.17, 15) is 4.79 Å². The van der Waals surface area contributed by atoms with E-state index < -0.39 is 0 Å². The van der Waals surface area contributed by atoms with Crippen molar-refractivity contribution in [1.82, 2.24) is 0 Å². The van der Waals surface area contributed by atoms with E-state index in [1.807, 2.05) is 38.1 Å². The van der Waals surface area contributed by atoms with E-state index in [0.717, 1.165) is 18.6 Å². The molecule has 0 aliphatic carbocycles. The van der Waals surface area contributed by atoms with Gasteiger partial charge in [0.05, 0.1) is 13.2 Å². The molecule has 3 nitrogen and oxygen atoms in total. The Bertz CT molecular complexity index is 330. The Labute approximate surface area is 103 Å². The van der Waals surface area contributed by atoms with Gasteiger partial charge < -0.3 is 9.47 Å². The molecule has 94 valence electrons. The number of benzene rings is 1. The van der Waals surface area contributed by atoms with Crippen LogP contribution >= 0.6 is 0 Å². The third-order valence-electron chi connectivity index (χ3n) is 2.30. The standard InChI is InChI=1S/C14H20O3/c1-3-5-14(15)17-11-4-10-16-13-8-6-12(2)7-9-13/h6-9H,3-5,10-11H2,1-2H3. The number of esters is 1. The Morgan fingerprint density at radius 2 is 1.88 bits per heavy atom. The predicted molar refractivity (Wildman–Crippen MR) is 67.2 cm³/mol. The van der Waals surface area contributed by atoms with Crippen molar-refractivity contribution >= 4 is 5.97 Å². The lowest BCUT2D eigenvalue weighted by Gasteiger charge is -2.07. The Balaban J connectivity index is 2.08. The zero-order valence-electron chi connectivity index (χ0n) is 10.6. The minimum Gasteiger partial charge on any atom is -0.493 e. The van der Waals surface area contributed by atoms with Crippen molar-refractivity contribution in [2.45, 2.75) is 33.1 Å². The van der Waals surface area contributed by atoms with Crippen LogP contribution in [0, 0.1) is 6.92 Å². The monoisotopic (exact) mass is 236 g/mol. The van der Waals surface area contributed by atoms with Crippen LogP contribution in [0.25, 0.3) is 0 Å². The van der Waals surface area contributed by atoms with Crippen molar-refractivity contribution in [2.24, 2.45) is 0 Å². The van der Waals surface area contributed by atoms with Gasteiger partial charge in [0.1, 0.15) is 5.75 Å². The van der Waals surface area contributed by atoms with Crippen LogP contribution in [0.4, 0.5) is 0 Å². The Morgan fingerprint density at radius 1 is 1.18 bits per heavy atom. The normalized spacial score (nSPS) is 10.0. The molecular weight excluding hydrogens is 216 g/mol. The lowest BCUT2D eigenvalue weighted by Crippen LogP contribution is -2.08. The third-order valence-corrected chi connectivity index (χ3v) is 2.30. The van der Waals surface area contributed by atoms with E-state index in [1.165, 1.54) is 5.56 Å². The quantitative estimate of drug-likeness (QED) is 0.539. The van der Waals surface area contributed by atoms with Gasteiger partial charge in [-0.2, -0.15) is 0 Å². The zero-order chi connectivity index (χ0) is 12.5. The maximum absolute atomic E-state index is 11.1. The smallest absolute Gasteiger partial charge is 0.305 e. The maximum atomic E-state index is 11.1. The molecule has 0 aromatic heterocycles. The Hall–Kier alpha value is -1.51. The van der Waals surface area contributed by atoms with E-state index in [-0.39, 0.29) is 5.97 Å². The molecule has 0 amide bonds. The molecule has 0 aliphatic heterocycles. The lowest BCUT2D eigenvalue weighted by atomic mass is 10.2. The molecule has 0 heterocycles. The van der Waals surface area contributed by atoms with Crippen LogP contribution in [0.5, 0.6) is 5.75 Å². The largest absolute Gasteiger partial charge is 0.493 e. The number of carbonyl (C=O) groups is 1. The fourth-order valence-electron chi connectivity index (χ4n) is 1.35. The van der Waals surface area contributed by atoms with Crippen molar-refractivity contribution in [1.29, 1.82) is 0 Å². The summed E-state index contributed by atoms with van der Waals surface area (Å²) in [6, 6.07) is 7.91. The number of rotatable bonds is 7. The Kier molecular flexibility index (Phi) is 6.15. The van der Waals surface area contributed by atoms with Crippen LogP contribution in [0.1, 0.15) is 31.7 Å². The lowest BCUT2D eigenvalue weighted by molar-refractivity contribution is -0.143. The van der Waals surface area contributed by atoms with Crippen LogP contribution in [0.2, 0.25) is 0 Å². The van der Waals surface area contributed by atoms with Gasteiger partial charge in [-0.1, -0.05) is 24.6 Å². The molecule has 0 fully saturated rings. The van der Waals surface area contributed by atoms with E-state index >= 15 is 0 Å². The van der Waals surface area contributed by atoms with Gasteiger partial charge in [-0.3, -0.25) is 4.79 Å². The second kappa shape index (κ2) is 7.71. The molecule has 0 saturated carbocycles. The second-order valence-corrected chi connectivity index (χ2v) is 3.99. The van der Waals surface area contributed by atoms with Gasteiger partial charge in [-0.25, -0.2) is 0 Å². The van der Waals surface area contributed by atoms with E-state index in [0.29, 0.717) is 19.6 Å². The molecule has 1 aromatic rings. The van der Waals surface area contributed by atoms with Gasteiger partial charge in [-0.15, -0.1) is 0 Å². The highest BCUT2D eigenvalue weighted by Gasteiger charge is 2.00. The highest BCUT2D eigenvalue weighted by Crippen LogP contribution is 2.11. The number of ether oxygens (including phenoxy) is 2. The highest BCUT2D eigenvalue weighted by atomic mass is 16.5. The van der Waals surface area contributed by atoms with E-state index in [4.69, 9.17) is 9.47 Å². The molecule has 1 aromatic carbocycles. The average molecular weight is 236 g/mol. The summed E-state index contributed by atoms with van der Waals surface area (Å²) in [4.78, 5) is 11.1.